The van der Waals surface area contributed by atoms with Crippen molar-refractivity contribution in [3.8, 4) is 0 Å². The number of hydrogen-bond acceptors (Lipinski definition) is 5. The lowest BCUT2D eigenvalue weighted by molar-refractivity contribution is -0.142. The standard InChI is InChI=1S/C13H23N3O4/c1-2-20-12(18)16-7-5-15(6-8-16)11(17)13(14)3-9-19-10-4-13/h2-10,14H2,1H3. The highest BCUT2D eigenvalue weighted by atomic mass is 16.6. The van der Waals surface area contributed by atoms with Crippen molar-refractivity contribution >= 4 is 12.0 Å². The van der Waals surface area contributed by atoms with Gasteiger partial charge in [0.15, 0.2) is 0 Å². The third kappa shape index (κ3) is 3.21. The molecular formula is C13H23N3O4. The zero-order valence-electron chi connectivity index (χ0n) is 12.0. The number of amides is 2. The number of piperazine rings is 1. The van der Waals surface area contributed by atoms with Crippen molar-refractivity contribution in [2.45, 2.75) is 25.3 Å². The van der Waals surface area contributed by atoms with Gasteiger partial charge in [0.25, 0.3) is 0 Å². The molecule has 114 valence electrons. The summed E-state index contributed by atoms with van der Waals surface area (Å²) >= 11 is 0. The molecule has 0 aromatic heterocycles. The minimum Gasteiger partial charge on any atom is -0.450 e. The van der Waals surface area contributed by atoms with Crippen molar-refractivity contribution in [1.82, 2.24) is 9.80 Å². The Morgan fingerprint density at radius 2 is 1.70 bits per heavy atom. The number of nitrogens with zero attached hydrogens (tertiary/aromatic N) is 2. The van der Waals surface area contributed by atoms with Gasteiger partial charge in [0.05, 0.1) is 12.1 Å². The summed E-state index contributed by atoms with van der Waals surface area (Å²) in [6.45, 7) is 5.23. The van der Waals surface area contributed by atoms with Gasteiger partial charge in [-0.15, -0.1) is 0 Å². The number of nitrogens with two attached hydrogens (primary N) is 1. The van der Waals surface area contributed by atoms with Crippen LogP contribution in [0, 0.1) is 0 Å². The lowest BCUT2D eigenvalue weighted by Crippen LogP contribution is -2.61. The van der Waals surface area contributed by atoms with E-state index in [0.29, 0.717) is 58.8 Å². The second kappa shape index (κ2) is 6.41. The quantitative estimate of drug-likeness (QED) is 0.759. The number of carbonyl (C=O) groups is 2. The summed E-state index contributed by atoms with van der Waals surface area (Å²) in [7, 11) is 0. The summed E-state index contributed by atoms with van der Waals surface area (Å²) < 4.78 is 10.2. The van der Waals surface area contributed by atoms with Crippen LogP contribution in [0.2, 0.25) is 0 Å². The summed E-state index contributed by atoms with van der Waals surface area (Å²) in [5.74, 6) is -0.0238. The summed E-state index contributed by atoms with van der Waals surface area (Å²) in [4.78, 5) is 27.5. The van der Waals surface area contributed by atoms with E-state index in [1.807, 2.05) is 0 Å². The van der Waals surface area contributed by atoms with Gasteiger partial charge in [-0.2, -0.15) is 0 Å². The molecule has 0 radical (unpaired) electrons. The highest BCUT2D eigenvalue weighted by Gasteiger charge is 2.40. The Balaban J connectivity index is 1.87. The van der Waals surface area contributed by atoms with E-state index in [4.69, 9.17) is 15.2 Å². The maximum absolute atomic E-state index is 12.5. The molecule has 2 rings (SSSR count). The molecule has 2 N–H and O–H groups in total. The maximum Gasteiger partial charge on any atom is 0.409 e. The Kier molecular flexibility index (Phi) is 4.82. The second-order valence-corrected chi connectivity index (χ2v) is 5.25. The van der Waals surface area contributed by atoms with E-state index in [1.54, 1.807) is 16.7 Å². The van der Waals surface area contributed by atoms with Crippen LogP contribution in [0.3, 0.4) is 0 Å². The molecule has 0 unspecified atom stereocenters. The zero-order chi connectivity index (χ0) is 14.6. The van der Waals surface area contributed by atoms with Gasteiger partial charge < -0.3 is 25.0 Å². The summed E-state index contributed by atoms with van der Waals surface area (Å²) in [6.07, 6.45) is 0.807. The Morgan fingerprint density at radius 1 is 1.15 bits per heavy atom. The predicted octanol–water partition coefficient (Wildman–Crippen LogP) is -0.205. The van der Waals surface area contributed by atoms with Crippen LogP contribution >= 0.6 is 0 Å². The summed E-state index contributed by atoms with van der Waals surface area (Å²) in [6, 6.07) is 0. The zero-order valence-corrected chi connectivity index (χ0v) is 12.0. The maximum atomic E-state index is 12.5. The Morgan fingerprint density at radius 3 is 2.25 bits per heavy atom. The number of hydrogen-bond donors (Lipinski definition) is 1. The molecule has 2 aliphatic heterocycles. The average molecular weight is 285 g/mol. The molecule has 7 nitrogen and oxygen atoms in total. The van der Waals surface area contributed by atoms with Gasteiger partial charge in [0.1, 0.15) is 0 Å². The molecule has 2 aliphatic rings. The molecule has 2 amide bonds. The fourth-order valence-electron chi connectivity index (χ4n) is 2.57. The number of carbonyl (C=O) groups excluding carboxylic acids is 2. The van der Waals surface area contributed by atoms with Crippen molar-refractivity contribution in [1.29, 1.82) is 0 Å². The van der Waals surface area contributed by atoms with E-state index in [1.165, 1.54) is 0 Å². The molecular weight excluding hydrogens is 262 g/mol. The second-order valence-electron chi connectivity index (χ2n) is 5.25. The van der Waals surface area contributed by atoms with Gasteiger partial charge in [-0.05, 0) is 19.8 Å². The minimum atomic E-state index is -0.801. The molecule has 7 heteroatoms. The Bertz CT molecular complexity index is 361. The van der Waals surface area contributed by atoms with E-state index >= 15 is 0 Å². The first-order valence-corrected chi connectivity index (χ1v) is 7.14. The van der Waals surface area contributed by atoms with Crippen LogP contribution in [-0.4, -0.2) is 73.3 Å². The smallest absolute Gasteiger partial charge is 0.409 e. The lowest BCUT2D eigenvalue weighted by atomic mass is 9.89. The van der Waals surface area contributed by atoms with Crippen molar-refractivity contribution in [2.24, 2.45) is 5.73 Å². The third-order valence-electron chi connectivity index (χ3n) is 3.90. The van der Waals surface area contributed by atoms with E-state index < -0.39 is 5.54 Å². The Labute approximate surface area is 119 Å². The van der Waals surface area contributed by atoms with Crippen LogP contribution in [0.25, 0.3) is 0 Å². The van der Waals surface area contributed by atoms with Crippen LogP contribution in [0.1, 0.15) is 19.8 Å². The highest BCUT2D eigenvalue weighted by Crippen LogP contribution is 2.21. The minimum absolute atomic E-state index is 0.0238. The first kappa shape index (κ1) is 15.1. The molecule has 0 bridgehead atoms. The molecule has 0 aromatic rings. The van der Waals surface area contributed by atoms with Crippen molar-refractivity contribution in [3.63, 3.8) is 0 Å². The molecule has 2 heterocycles. The fraction of sp³-hybridized carbons (Fsp3) is 0.846. The molecule has 0 aromatic carbocycles. The topological polar surface area (TPSA) is 85.1 Å². The predicted molar refractivity (Wildman–Crippen MR) is 72.1 cm³/mol. The molecule has 0 spiro atoms. The fourth-order valence-corrected chi connectivity index (χ4v) is 2.57. The van der Waals surface area contributed by atoms with Gasteiger partial charge in [0.2, 0.25) is 5.91 Å². The Hall–Kier alpha value is -1.34. The third-order valence-corrected chi connectivity index (χ3v) is 3.90. The van der Waals surface area contributed by atoms with E-state index in [9.17, 15) is 9.59 Å². The van der Waals surface area contributed by atoms with Crippen molar-refractivity contribution < 1.29 is 19.1 Å². The van der Waals surface area contributed by atoms with Gasteiger partial charge in [-0.1, -0.05) is 0 Å². The number of ether oxygens (including phenoxy) is 2. The van der Waals surface area contributed by atoms with E-state index in [-0.39, 0.29) is 12.0 Å². The monoisotopic (exact) mass is 285 g/mol. The lowest BCUT2D eigenvalue weighted by Gasteiger charge is -2.40. The van der Waals surface area contributed by atoms with Crippen LogP contribution in [0.15, 0.2) is 0 Å². The summed E-state index contributed by atoms with van der Waals surface area (Å²) in [5.41, 5.74) is 5.40. The van der Waals surface area contributed by atoms with Crippen LogP contribution in [-0.2, 0) is 14.3 Å². The largest absolute Gasteiger partial charge is 0.450 e. The van der Waals surface area contributed by atoms with Crippen LogP contribution in [0.4, 0.5) is 4.79 Å². The van der Waals surface area contributed by atoms with Crippen LogP contribution < -0.4 is 5.73 Å². The summed E-state index contributed by atoms with van der Waals surface area (Å²) in [5, 5.41) is 0. The highest BCUT2D eigenvalue weighted by molar-refractivity contribution is 5.86. The molecule has 2 saturated heterocycles. The molecule has 20 heavy (non-hydrogen) atoms. The van der Waals surface area contributed by atoms with Gasteiger partial charge in [-0.3, -0.25) is 4.79 Å². The molecule has 0 atom stereocenters. The van der Waals surface area contributed by atoms with Gasteiger partial charge >= 0.3 is 6.09 Å². The van der Waals surface area contributed by atoms with E-state index in [2.05, 4.69) is 0 Å². The van der Waals surface area contributed by atoms with Crippen molar-refractivity contribution in [2.75, 3.05) is 46.0 Å². The number of rotatable bonds is 2. The molecule has 0 aliphatic carbocycles. The molecule has 2 fully saturated rings. The van der Waals surface area contributed by atoms with Crippen LogP contribution in [0.5, 0.6) is 0 Å². The normalized spacial score (nSPS) is 22.5. The SMILES string of the molecule is CCOC(=O)N1CCN(C(=O)C2(N)CCOCC2)CC1. The first-order valence-electron chi connectivity index (χ1n) is 7.14. The van der Waals surface area contributed by atoms with Gasteiger partial charge in [0, 0.05) is 39.4 Å². The average Bonchev–Trinajstić information content (AvgIpc) is 2.48. The first-order chi connectivity index (χ1) is 9.57. The van der Waals surface area contributed by atoms with Crippen molar-refractivity contribution in [3.05, 3.63) is 0 Å². The van der Waals surface area contributed by atoms with Gasteiger partial charge in [-0.25, -0.2) is 4.79 Å². The molecule has 0 saturated carbocycles. The van der Waals surface area contributed by atoms with E-state index in [0.717, 1.165) is 0 Å².